The second-order valence-electron chi connectivity index (χ2n) is 7.81. The van der Waals surface area contributed by atoms with E-state index in [9.17, 15) is 0 Å². The summed E-state index contributed by atoms with van der Waals surface area (Å²) >= 11 is 0. The number of rotatable bonds is 13. The van der Waals surface area contributed by atoms with Crippen molar-refractivity contribution in [3.8, 4) is 0 Å². The molecule has 2 saturated carbocycles. The first kappa shape index (κ1) is 17.3. The molecule has 1 heteroatoms. The van der Waals surface area contributed by atoms with Gasteiger partial charge < -0.3 is 4.74 Å². The summed E-state index contributed by atoms with van der Waals surface area (Å²) in [5, 5.41) is 0. The van der Waals surface area contributed by atoms with Crippen LogP contribution in [0, 0.1) is 23.7 Å². The molecule has 0 radical (unpaired) electrons. The fourth-order valence-corrected chi connectivity index (χ4v) is 4.15. The van der Waals surface area contributed by atoms with Gasteiger partial charge in [0.1, 0.15) is 0 Å². The zero-order chi connectivity index (χ0) is 15.1. The van der Waals surface area contributed by atoms with E-state index in [0.29, 0.717) is 6.10 Å². The van der Waals surface area contributed by atoms with Gasteiger partial charge in [-0.05, 0) is 62.2 Å². The molecule has 1 nitrogen and oxygen atoms in total. The van der Waals surface area contributed by atoms with Gasteiger partial charge in [0, 0.05) is 7.11 Å². The smallest absolute Gasteiger partial charge is 0.0571 e. The Morgan fingerprint density at radius 3 is 1.57 bits per heavy atom. The van der Waals surface area contributed by atoms with Gasteiger partial charge in [0.15, 0.2) is 0 Å². The third-order valence-electron chi connectivity index (χ3n) is 6.05. The summed E-state index contributed by atoms with van der Waals surface area (Å²) in [4.78, 5) is 0. The Bertz CT molecular complexity index is 249. The molecule has 0 amide bonds. The summed E-state index contributed by atoms with van der Waals surface area (Å²) in [5.41, 5.74) is 0. The minimum Gasteiger partial charge on any atom is -0.381 e. The number of hydrogen-bond donors (Lipinski definition) is 0. The fraction of sp³-hybridized carbons (Fsp3) is 1.00. The first-order valence-electron chi connectivity index (χ1n) is 9.81. The van der Waals surface area contributed by atoms with Crippen LogP contribution in [0.5, 0.6) is 0 Å². The summed E-state index contributed by atoms with van der Waals surface area (Å²) in [7, 11) is 1.92. The summed E-state index contributed by atoms with van der Waals surface area (Å²) < 4.78 is 5.74. The van der Waals surface area contributed by atoms with Crippen molar-refractivity contribution >= 4 is 0 Å². The molecule has 4 atom stereocenters. The van der Waals surface area contributed by atoms with Gasteiger partial charge in [0.25, 0.3) is 0 Å². The predicted octanol–water partition coefficient (Wildman–Crippen LogP) is 6.21. The van der Waals surface area contributed by atoms with Gasteiger partial charge in [-0.15, -0.1) is 0 Å². The zero-order valence-corrected chi connectivity index (χ0v) is 14.8. The Hall–Kier alpha value is -0.0400. The second kappa shape index (κ2) is 9.18. The van der Waals surface area contributed by atoms with Gasteiger partial charge >= 0.3 is 0 Å². The van der Waals surface area contributed by atoms with Crippen molar-refractivity contribution in [2.24, 2.45) is 23.7 Å². The van der Waals surface area contributed by atoms with Crippen molar-refractivity contribution in [1.29, 1.82) is 0 Å². The van der Waals surface area contributed by atoms with Crippen LogP contribution < -0.4 is 0 Å². The highest BCUT2D eigenvalue weighted by molar-refractivity contribution is 4.88. The zero-order valence-electron chi connectivity index (χ0n) is 14.8. The number of unbranched alkanes of at least 4 members (excludes halogenated alkanes) is 2. The standard InChI is InChI=1S/C20H38O/c1-4-6-8-16-14-18(16)10-12-20(21-3)13-11-19-15-17(19)9-7-5-2/h16-20H,4-15H2,1-3H3. The Kier molecular flexibility index (Phi) is 7.57. The lowest BCUT2D eigenvalue weighted by molar-refractivity contribution is 0.0810. The largest absolute Gasteiger partial charge is 0.381 e. The van der Waals surface area contributed by atoms with Gasteiger partial charge in [0.05, 0.1) is 6.10 Å². The molecule has 4 unspecified atom stereocenters. The van der Waals surface area contributed by atoms with Crippen molar-refractivity contribution in [2.75, 3.05) is 7.11 Å². The molecule has 2 fully saturated rings. The number of hydrogen-bond acceptors (Lipinski definition) is 1. The molecule has 0 saturated heterocycles. The number of methoxy groups -OCH3 is 1. The molecule has 124 valence electrons. The Balaban J connectivity index is 1.49. The van der Waals surface area contributed by atoms with Crippen molar-refractivity contribution in [1.82, 2.24) is 0 Å². The topological polar surface area (TPSA) is 9.23 Å². The van der Waals surface area contributed by atoms with E-state index in [1.807, 2.05) is 7.11 Å². The Labute approximate surface area is 133 Å². The second-order valence-corrected chi connectivity index (χ2v) is 7.81. The highest BCUT2D eigenvalue weighted by Gasteiger charge is 2.37. The summed E-state index contributed by atoms with van der Waals surface area (Å²) in [6, 6.07) is 0. The maximum absolute atomic E-state index is 5.74. The van der Waals surface area contributed by atoms with Crippen LogP contribution in [0.15, 0.2) is 0 Å². The van der Waals surface area contributed by atoms with Gasteiger partial charge in [-0.3, -0.25) is 0 Å². The predicted molar refractivity (Wildman–Crippen MR) is 91.5 cm³/mol. The molecule has 2 aliphatic rings. The number of ether oxygens (including phenoxy) is 1. The lowest BCUT2D eigenvalue weighted by atomic mass is 10.0. The summed E-state index contributed by atoms with van der Waals surface area (Å²) in [6.07, 6.45) is 17.6. The molecule has 0 aliphatic heterocycles. The summed E-state index contributed by atoms with van der Waals surface area (Å²) in [5.74, 6) is 4.24. The van der Waals surface area contributed by atoms with Gasteiger partial charge in [-0.1, -0.05) is 52.4 Å². The molecule has 0 aromatic carbocycles. The highest BCUT2D eigenvalue weighted by atomic mass is 16.5. The van der Waals surface area contributed by atoms with E-state index in [4.69, 9.17) is 4.74 Å². The van der Waals surface area contributed by atoms with Crippen LogP contribution in [0.3, 0.4) is 0 Å². The molecule has 0 spiro atoms. The molecular formula is C20H38O. The van der Waals surface area contributed by atoms with E-state index in [1.54, 1.807) is 0 Å². The van der Waals surface area contributed by atoms with Crippen molar-refractivity contribution in [3.05, 3.63) is 0 Å². The van der Waals surface area contributed by atoms with Gasteiger partial charge in [-0.25, -0.2) is 0 Å². The lowest BCUT2D eigenvalue weighted by Crippen LogP contribution is -2.11. The van der Waals surface area contributed by atoms with E-state index >= 15 is 0 Å². The molecule has 0 aromatic heterocycles. The highest BCUT2D eigenvalue weighted by Crippen LogP contribution is 2.47. The SMILES string of the molecule is CCCCC1CC1CCC(CCC1CC1CCCC)OC. The average molecular weight is 295 g/mol. The maximum Gasteiger partial charge on any atom is 0.0571 e. The van der Waals surface area contributed by atoms with Crippen LogP contribution in [0.4, 0.5) is 0 Å². The van der Waals surface area contributed by atoms with Crippen molar-refractivity contribution in [2.45, 2.75) is 97.0 Å². The van der Waals surface area contributed by atoms with E-state index in [2.05, 4.69) is 13.8 Å². The normalized spacial score (nSPS) is 32.1. The minimum atomic E-state index is 0.546. The average Bonchev–Trinajstić information content (AvgIpc) is 3.40. The Morgan fingerprint density at radius 1 is 0.762 bits per heavy atom. The van der Waals surface area contributed by atoms with E-state index < -0.39 is 0 Å². The van der Waals surface area contributed by atoms with Crippen LogP contribution in [0.1, 0.15) is 90.9 Å². The Morgan fingerprint density at radius 2 is 1.19 bits per heavy atom. The van der Waals surface area contributed by atoms with E-state index in [1.165, 1.54) is 77.0 Å². The van der Waals surface area contributed by atoms with Crippen LogP contribution in [0.25, 0.3) is 0 Å². The van der Waals surface area contributed by atoms with E-state index in [0.717, 1.165) is 23.7 Å². The van der Waals surface area contributed by atoms with Crippen molar-refractivity contribution < 1.29 is 4.74 Å². The van der Waals surface area contributed by atoms with Crippen molar-refractivity contribution in [3.63, 3.8) is 0 Å². The molecule has 0 aromatic rings. The summed E-state index contributed by atoms with van der Waals surface area (Å²) in [6.45, 7) is 4.62. The third kappa shape index (κ3) is 6.30. The molecule has 2 rings (SSSR count). The quantitative estimate of drug-likeness (QED) is 0.392. The molecule has 21 heavy (non-hydrogen) atoms. The molecular weight excluding hydrogens is 256 g/mol. The monoisotopic (exact) mass is 294 g/mol. The lowest BCUT2D eigenvalue weighted by Gasteiger charge is -2.15. The maximum atomic E-state index is 5.74. The van der Waals surface area contributed by atoms with E-state index in [-0.39, 0.29) is 0 Å². The van der Waals surface area contributed by atoms with Crippen LogP contribution in [-0.4, -0.2) is 13.2 Å². The van der Waals surface area contributed by atoms with Gasteiger partial charge in [0.2, 0.25) is 0 Å². The van der Waals surface area contributed by atoms with Crippen LogP contribution in [0.2, 0.25) is 0 Å². The molecule has 0 N–H and O–H groups in total. The molecule has 2 aliphatic carbocycles. The van der Waals surface area contributed by atoms with Crippen LogP contribution >= 0.6 is 0 Å². The fourth-order valence-electron chi connectivity index (χ4n) is 4.15. The van der Waals surface area contributed by atoms with Crippen LogP contribution in [-0.2, 0) is 4.74 Å². The third-order valence-corrected chi connectivity index (χ3v) is 6.05. The molecule has 0 bridgehead atoms. The van der Waals surface area contributed by atoms with Gasteiger partial charge in [-0.2, -0.15) is 0 Å². The minimum absolute atomic E-state index is 0.546. The first-order chi connectivity index (χ1) is 10.3. The first-order valence-corrected chi connectivity index (χ1v) is 9.81. The molecule has 0 heterocycles.